The van der Waals surface area contributed by atoms with Crippen molar-refractivity contribution in [2.45, 2.75) is 58.1 Å². The Morgan fingerprint density at radius 2 is 1.91 bits per heavy atom. The monoisotopic (exact) mass is 305 g/mol. The van der Waals surface area contributed by atoms with E-state index in [0.29, 0.717) is 6.42 Å². The predicted molar refractivity (Wildman–Crippen MR) is 83.0 cm³/mol. The number of carboxylic acids is 1. The molecule has 2 rings (SSSR count). The maximum atomic E-state index is 11.9. The van der Waals surface area contributed by atoms with Crippen molar-refractivity contribution in [1.29, 1.82) is 0 Å². The highest BCUT2D eigenvalue weighted by molar-refractivity contribution is 5.90. The number of aryl methyl sites for hydroxylation is 2. The minimum atomic E-state index is -1.26. The number of carbonyl (C=O) groups is 2. The molecule has 1 fully saturated rings. The van der Waals surface area contributed by atoms with Gasteiger partial charge in [-0.2, -0.15) is 0 Å². The molecular formula is C17H23NO4. The number of ether oxygens (including phenoxy) is 1. The van der Waals surface area contributed by atoms with Crippen LogP contribution in [0.25, 0.3) is 0 Å². The molecule has 2 N–H and O–H groups in total. The highest BCUT2D eigenvalue weighted by Crippen LogP contribution is 2.52. The Kier molecular flexibility index (Phi) is 3.94. The SMILES string of the molecule is Cc1ccc(C2CC2(NC(=O)OC(C)(C)C)C(=O)O)cc1C. The molecule has 22 heavy (non-hydrogen) atoms. The van der Waals surface area contributed by atoms with E-state index >= 15 is 0 Å². The molecule has 2 unspecified atom stereocenters. The summed E-state index contributed by atoms with van der Waals surface area (Å²) in [5, 5.41) is 12.1. The number of hydrogen-bond donors (Lipinski definition) is 2. The van der Waals surface area contributed by atoms with Crippen molar-refractivity contribution in [2.24, 2.45) is 0 Å². The van der Waals surface area contributed by atoms with Gasteiger partial charge in [0.1, 0.15) is 11.1 Å². The van der Waals surface area contributed by atoms with E-state index in [0.717, 1.165) is 16.7 Å². The van der Waals surface area contributed by atoms with Gasteiger partial charge in [0, 0.05) is 5.92 Å². The van der Waals surface area contributed by atoms with Crippen molar-refractivity contribution in [1.82, 2.24) is 5.32 Å². The van der Waals surface area contributed by atoms with Gasteiger partial charge in [0.25, 0.3) is 0 Å². The summed E-state index contributed by atoms with van der Waals surface area (Å²) in [4.78, 5) is 23.6. The van der Waals surface area contributed by atoms with Crippen LogP contribution in [0.4, 0.5) is 4.79 Å². The van der Waals surface area contributed by atoms with Crippen LogP contribution in [-0.4, -0.2) is 28.3 Å². The highest BCUT2D eigenvalue weighted by Gasteiger charge is 2.62. The number of hydrogen-bond acceptors (Lipinski definition) is 3. The number of alkyl carbamates (subject to hydrolysis) is 1. The van der Waals surface area contributed by atoms with E-state index in [2.05, 4.69) is 5.32 Å². The normalized spacial score (nSPS) is 23.8. The molecule has 0 spiro atoms. The predicted octanol–water partition coefficient (Wildman–Crippen LogP) is 3.14. The summed E-state index contributed by atoms with van der Waals surface area (Å²) in [6.07, 6.45) is -0.314. The second-order valence-electron chi connectivity index (χ2n) is 7.00. The number of rotatable bonds is 3. The van der Waals surface area contributed by atoms with Gasteiger partial charge in [0.05, 0.1) is 0 Å². The Balaban J connectivity index is 2.17. The Bertz CT molecular complexity index is 618. The molecule has 2 atom stereocenters. The van der Waals surface area contributed by atoms with Gasteiger partial charge in [-0.1, -0.05) is 18.2 Å². The molecule has 120 valence electrons. The summed E-state index contributed by atoms with van der Waals surface area (Å²) in [5.74, 6) is -1.25. The third kappa shape index (κ3) is 3.24. The maximum absolute atomic E-state index is 11.9. The molecule has 1 amide bonds. The zero-order valence-electron chi connectivity index (χ0n) is 13.7. The second-order valence-corrected chi connectivity index (χ2v) is 7.00. The van der Waals surface area contributed by atoms with Crippen molar-refractivity contribution < 1.29 is 19.4 Å². The highest BCUT2D eigenvalue weighted by atomic mass is 16.6. The van der Waals surface area contributed by atoms with E-state index < -0.39 is 23.2 Å². The van der Waals surface area contributed by atoms with Gasteiger partial charge in [0.2, 0.25) is 0 Å². The van der Waals surface area contributed by atoms with E-state index in [-0.39, 0.29) is 5.92 Å². The van der Waals surface area contributed by atoms with Crippen LogP contribution < -0.4 is 5.32 Å². The van der Waals surface area contributed by atoms with E-state index in [9.17, 15) is 14.7 Å². The van der Waals surface area contributed by atoms with Gasteiger partial charge in [-0.05, 0) is 57.7 Å². The maximum Gasteiger partial charge on any atom is 0.408 e. The standard InChI is InChI=1S/C17H23NO4/c1-10-6-7-12(8-11(10)2)13-9-17(13,14(19)20)18-15(21)22-16(3,4)5/h6-8,13H,9H2,1-5H3,(H,18,21)(H,19,20). The summed E-state index contributed by atoms with van der Waals surface area (Å²) >= 11 is 0. The molecule has 0 bridgehead atoms. The molecule has 5 nitrogen and oxygen atoms in total. The van der Waals surface area contributed by atoms with Gasteiger partial charge < -0.3 is 15.2 Å². The number of aliphatic carboxylic acids is 1. The molecule has 0 aromatic heterocycles. The Labute approximate surface area is 130 Å². The summed E-state index contributed by atoms with van der Waals surface area (Å²) in [7, 11) is 0. The van der Waals surface area contributed by atoms with Gasteiger partial charge in [-0.25, -0.2) is 9.59 Å². The second kappa shape index (κ2) is 5.30. The molecule has 1 aromatic rings. The minimum absolute atomic E-state index is 0.225. The first-order chi connectivity index (χ1) is 10.0. The zero-order chi connectivity index (χ0) is 16.7. The lowest BCUT2D eigenvalue weighted by atomic mass is 10.0. The molecule has 1 aliphatic carbocycles. The number of amides is 1. The minimum Gasteiger partial charge on any atom is -0.479 e. The molecule has 0 saturated heterocycles. The number of nitrogens with one attached hydrogen (secondary N) is 1. The third-order valence-electron chi connectivity index (χ3n) is 4.00. The van der Waals surface area contributed by atoms with Crippen LogP contribution in [-0.2, 0) is 9.53 Å². The zero-order valence-corrected chi connectivity index (χ0v) is 13.7. The summed E-state index contributed by atoms with van der Waals surface area (Å²) < 4.78 is 5.18. The Morgan fingerprint density at radius 1 is 1.27 bits per heavy atom. The number of benzene rings is 1. The first-order valence-corrected chi connectivity index (χ1v) is 7.37. The number of carbonyl (C=O) groups excluding carboxylic acids is 1. The van der Waals surface area contributed by atoms with Gasteiger partial charge in [-0.15, -0.1) is 0 Å². The largest absolute Gasteiger partial charge is 0.479 e. The quantitative estimate of drug-likeness (QED) is 0.899. The average Bonchev–Trinajstić information content (AvgIpc) is 3.06. The fraction of sp³-hybridized carbons (Fsp3) is 0.529. The molecular weight excluding hydrogens is 282 g/mol. The van der Waals surface area contributed by atoms with Gasteiger partial charge in [-0.3, -0.25) is 0 Å². The molecule has 1 saturated carbocycles. The smallest absolute Gasteiger partial charge is 0.408 e. The lowest BCUT2D eigenvalue weighted by Gasteiger charge is -2.22. The van der Waals surface area contributed by atoms with Gasteiger partial charge in [0.15, 0.2) is 0 Å². The van der Waals surface area contributed by atoms with Crippen LogP contribution in [0.5, 0.6) is 0 Å². The van der Waals surface area contributed by atoms with Crippen molar-refractivity contribution >= 4 is 12.1 Å². The molecule has 1 aliphatic rings. The molecule has 1 aromatic carbocycles. The lowest BCUT2D eigenvalue weighted by molar-refractivity contribution is -0.140. The van der Waals surface area contributed by atoms with Crippen LogP contribution in [0.3, 0.4) is 0 Å². The fourth-order valence-corrected chi connectivity index (χ4v) is 2.56. The van der Waals surface area contributed by atoms with Crippen LogP contribution in [0, 0.1) is 13.8 Å². The summed E-state index contributed by atoms with van der Waals surface area (Å²) in [5.41, 5.74) is 1.28. The fourth-order valence-electron chi connectivity index (χ4n) is 2.56. The van der Waals surface area contributed by atoms with Crippen molar-refractivity contribution in [3.8, 4) is 0 Å². The van der Waals surface area contributed by atoms with Gasteiger partial charge >= 0.3 is 12.1 Å². The van der Waals surface area contributed by atoms with Crippen molar-refractivity contribution in [3.05, 3.63) is 34.9 Å². The molecule has 5 heteroatoms. The van der Waals surface area contributed by atoms with Crippen LogP contribution in [0.15, 0.2) is 18.2 Å². The molecule has 0 heterocycles. The first kappa shape index (κ1) is 16.3. The van der Waals surface area contributed by atoms with E-state index in [1.807, 2.05) is 32.0 Å². The Morgan fingerprint density at radius 3 is 2.41 bits per heavy atom. The lowest BCUT2D eigenvalue weighted by Crippen LogP contribution is -2.46. The van der Waals surface area contributed by atoms with E-state index in [4.69, 9.17) is 4.74 Å². The van der Waals surface area contributed by atoms with Crippen LogP contribution in [0.2, 0.25) is 0 Å². The molecule has 0 aliphatic heterocycles. The first-order valence-electron chi connectivity index (χ1n) is 7.37. The topological polar surface area (TPSA) is 75.6 Å². The van der Waals surface area contributed by atoms with Crippen molar-refractivity contribution in [3.63, 3.8) is 0 Å². The van der Waals surface area contributed by atoms with E-state index in [1.54, 1.807) is 20.8 Å². The van der Waals surface area contributed by atoms with Crippen molar-refractivity contribution in [2.75, 3.05) is 0 Å². The van der Waals surface area contributed by atoms with Crippen LogP contribution in [0.1, 0.15) is 49.8 Å². The Hall–Kier alpha value is -2.04. The van der Waals surface area contributed by atoms with E-state index in [1.165, 1.54) is 0 Å². The summed E-state index contributed by atoms with van der Waals surface area (Å²) in [6.45, 7) is 9.23. The van der Waals surface area contributed by atoms with Crippen LogP contribution >= 0.6 is 0 Å². The molecule has 0 radical (unpaired) electrons. The average molecular weight is 305 g/mol. The summed E-state index contributed by atoms with van der Waals surface area (Å²) in [6, 6.07) is 5.89. The number of carboxylic acid groups (broad SMARTS) is 1. The third-order valence-corrected chi connectivity index (χ3v) is 4.00.